The highest BCUT2D eigenvalue weighted by Gasteiger charge is 2.23. The zero-order valence-corrected chi connectivity index (χ0v) is 14.4. The van der Waals surface area contributed by atoms with Crippen molar-refractivity contribution in [1.82, 2.24) is 10.3 Å². The molecule has 1 aliphatic carbocycles. The summed E-state index contributed by atoms with van der Waals surface area (Å²) < 4.78 is 0. The van der Waals surface area contributed by atoms with Gasteiger partial charge in [0, 0.05) is 17.1 Å². The highest BCUT2D eigenvalue weighted by atomic mass is 16.1. The molecule has 1 aromatic carbocycles. The van der Waals surface area contributed by atoms with Crippen molar-refractivity contribution in [2.24, 2.45) is 5.92 Å². The molecule has 0 spiro atoms. The molecule has 2 unspecified atom stereocenters. The lowest BCUT2D eigenvalue weighted by molar-refractivity contribution is -0.121. The monoisotopic (exact) mass is 310 g/mol. The second-order valence-corrected chi connectivity index (χ2v) is 6.93. The van der Waals surface area contributed by atoms with Crippen LogP contribution in [-0.4, -0.2) is 16.9 Å². The molecule has 1 saturated carbocycles. The van der Waals surface area contributed by atoms with Crippen LogP contribution in [0.25, 0.3) is 10.9 Å². The summed E-state index contributed by atoms with van der Waals surface area (Å²) in [5, 5.41) is 4.40. The fourth-order valence-electron chi connectivity index (χ4n) is 3.78. The summed E-state index contributed by atoms with van der Waals surface area (Å²) in [6.07, 6.45) is 5.28. The maximum Gasteiger partial charge on any atom is 0.224 e. The lowest BCUT2D eigenvalue weighted by Gasteiger charge is -2.29. The van der Waals surface area contributed by atoms with Crippen LogP contribution in [0.5, 0.6) is 0 Å². The van der Waals surface area contributed by atoms with E-state index >= 15 is 0 Å². The maximum absolute atomic E-state index is 12.5. The third-order valence-corrected chi connectivity index (χ3v) is 5.28. The normalized spacial score (nSPS) is 21.3. The summed E-state index contributed by atoms with van der Waals surface area (Å²) in [4.78, 5) is 17.2. The van der Waals surface area contributed by atoms with Gasteiger partial charge in [-0.1, -0.05) is 38.0 Å². The molecule has 0 bridgehead atoms. The Morgan fingerprint density at radius 1 is 1.22 bits per heavy atom. The van der Waals surface area contributed by atoms with E-state index in [1.54, 1.807) is 0 Å². The summed E-state index contributed by atoms with van der Waals surface area (Å²) in [5.74, 6) is 0.719. The van der Waals surface area contributed by atoms with E-state index in [2.05, 4.69) is 30.2 Å². The molecule has 3 rings (SSSR count). The van der Waals surface area contributed by atoms with Gasteiger partial charge in [0.15, 0.2) is 0 Å². The highest BCUT2D eigenvalue weighted by molar-refractivity contribution is 5.86. The first-order valence-corrected chi connectivity index (χ1v) is 8.70. The molecule has 0 saturated heterocycles. The lowest BCUT2D eigenvalue weighted by Crippen LogP contribution is -2.41. The molecule has 1 aliphatic rings. The average Bonchev–Trinajstić information content (AvgIpc) is 2.54. The van der Waals surface area contributed by atoms with Crippen LogP contribution in [-0.2, 0) is 11.2 Å². The van der Waals surface area contributed by atoms with Crippen LogP contribution in [0.1, 0.15) is 49.4 Å². The molecule has 122 valence electrons. The number of nitrogens with zero attached hydrogens (tertiary/aromatic N) is 1. The number of nitrogens with one attached hydrogen (secondary N) is 1. The summed E-state index contributed by atoms with van der Waals surface area (Å²) in [7, 11) is 0. The van der Waals surface area contributed by atoms with Gasteiger partial charge in [0.2, 0.25) is 5.91 Å². The Hall–Kier alpha value is -1.90. The minimum atomic E-state index is 0.132. The van der Waals surface area contributed by atoms with Gasteiger partial charge >= 0.3 is 0 Å². The second kappa shape index (κ2) is 6.69. The van der Waals surface area contributed by atoms with Crippen molar-refractivity contribution in [1.29, 1.82) is 0 Å². The standard InChI is InChI=1S/C20H26N2O/c1-13-8-4-6-10-18(13)22-20(23)12-17-14(2)16-9-5-7-11-19(16)21-15(17)3/h5,7,9,11,13,18H,4,6,8,10,12H2,1-3H3,(H,22,23). The third kappa shape index (κ3) is 3.39. The molecule has 2 aromatic rings. The molecule has 0 radical (unpaired) electrons. The predicted octanol–water partition coefficient (Wildman–Crippen LogP) is 4.09. The van der Waals surface area contributed by atoms with Crippen molar-refractivity contribution < 1.29 is 4.79 Å². The van der Waals surface area contributed by atoms with Gasteiger partial charge in [-0.2, -0.15) is 0 Å². The number of carbonyl (C=O) groups excluding carboxylic acids is 1. The van der Waals surface area contributed by atoms with Crippen molar-refractivity contribution in [2.45, 2.75) is 58.9 Å². The van der Waals surface area contributed by atoms with Gasteiger partial charge in [-0.25, -0.2) is 0 Å². The molecular weight excluding hydrogens is 284 g/mol. The molecule has 3 heteroatoms. The fraction of sp³-hybridized carbons (Fsp3) is 0.500. The number of hydrogen-bond donors (Lipinski definition) is 1. The van der Waals surface area contributed by atoms with Crippen molar-refractivity contribution in [3.63, 3.8) is 0 Å². The molecular formula is C20H26N2O. The first-order chi connectivity index (χ1) is 11.1. The van der Waals surface area contributed by atoms with Gasteiger partial charge in [-0.05, 0) is 49.8 Å². The summed E-state index contributed by atoms with van der Waals surface area (Å²) >= 11 is 0. The fourth-order valence-corrected chi connectivity index (χ4v) is 3.78. The number of pyridine rings is 1. The maximum atomic E-state index is 12.5. The SMILES string of the molecule is Cc1nc2ccccc2c(C)c1CC(=O)NC1CCCCC1C. The largest absolute Gasteiger partial charge is 0.353 e. The Kier molecular flexibility index (Phi) is 4.65. The topological polar surface area (TPSA) is 42.0 Å². The Balaban J connectivity index is 1.79. The van der Waals surface area contributed by atoms with E-state index in [0.717, 1.165) is 28.6 Å². The Bertz CT molecular complexity index is 723. The van der Waals surface area contributed by atoms with Crippen LogP contribution in [0.4, 0.5) is 0 Å². The minimum absolute atomic E-state index is 0.132. The molecule has 2 atom stereocenters. The Morgan fingerprint density at radius 3 is 2.74 bits per heavy atom. The molecule has 1 fully saturated rings. The summed E-state index contributed by atoms with van der Waals surface area (Å²) in [6.45, 7) is 6.35. The highest BCUT2D eigenvalue weighted by Crippen LogP contribution is 2.25. The van der Waals surface area contributed by atoms with E-state index < -0.39 is 0 Å². The van der Waals surface area contributed by atoms with Gasteiger partial charge in [-0.3, -0.25) is 9.78 Å². The lowest BCUT2D eigenvalue weighted by atomic mass is 9.86. The molecule has 1 N–H and O–H groups in total. The van der Waals surface area contributed by atoms with E-state index in [4.69, 9.17) is 0 Å². The van der Waals surface area contributed by atoms with Crippen LogP contribution in [0.3, 0.4) is 0 Å². The van der Waals surface area contributed by atoms with Crippen molar-refractivity contribution in [2.75, 3.05) is 0 Å². The smallest absolute Gasteiger partial charge is 0.224 e. The molecule has 0 aliphatic heterocycles. The quantitative estimate of drug-likeness (QED) is 0.928. The van der Waals surface area contributed by atoms with Gasteiger partial charge in [0.05, 0.1) is 11.9 Å². The van der Waals surface area contributed by atoms with Crippen LogP contribution in [0, 0.1) is 19.8 Å². The van der Waals surface area contributed by atoms with E-state index in [-0.39, 0.29) is 5.91 Å². The molecule has 3 nitrogen and oxygen atoms in total. The van der Waals surface area contributed by atoms with Gasteiger partial charge in [0.25, 0.3) is 0 Å². The summed E-state index contributed by atoms with van der Waals surface area (Å²) in [5.41, 5.74) is 4.23. The van der Waals surface area contributed by atoms with Gasteiger partial charge in [0.1, 0.15) is 0 Å². The molecule has 23 heavy (non-hydrogen) atoms. The number of amides is 1. The van der Waals surface area contributed by atoms with Crippen LogP contribution >= 0.6 is 0 Å². The van der Waals surface area contributed by atoms with Gasteiger partial charge < -0.3 is 5.32 Å². The Morgan fingerprint density at radius 2 is 1.96 bits per heavy atom. The predicted molar refractivity (Wildman–Crippen MR) is 94.5 cm³/mol. The number of rotatable bonds is 3. The van der Waals surface area contributed by atoms with Crippen molar-refractivity contribution in [3.8, 4) is 0 Å². The average molecular weight is 310 g/mol. The van der Waals surface area contributed by atoms with E-state index in [1.165, 1.54) is 24.8 Å². The first-order valence-electron chi connectivity index (χ1n) is 8.70. The Labute approximate surface area is 138 Å². The number of fused-ring (bicyclic) bond motifs is 1. The number of benzene rings is 1. The summed E-state index contributed by atoms with van der Waals surface area (Å²) in [6, 6.07) is 8.49. The van der Waals surface area contributed by atoms with Crippen LogP contribution in [0.2, 0.25) is 0 Å². The molecule has 1 aromatic heterocycles. The van der Waals surface area contributed by atoms with Crippen LogP contribution in [0.15, 0.2) is 24.3 Å². The van der Waals surface area contributed by atoms with E-state index in [9.17, 15) is 4.79 Å². The van der Waals surface area contributed by atoms with E-state index in [1.807, 2.05) is 25.1 Å². The first kappa shape index (κ1) is 16.0. The van der Waals surface area contributed by atoms with Crippen molar-refractivity contribution in [3.05, 3.63) is 41.1 Å². The zero-order chi connectivity index (χ0) is 16.4. The second-order valence-electron chi connectivity index (χ2n) is 6.93. The number of aromatic nitrogens is 1. The molecule has 1 amide bonds. The third-order valence-electron chi connectivity index (χ3n) is 5.28. The number of aryl methyl sites for hydroxylation is 2. The van der Waals surface area contributed by atoms with E-state index in [0.29, 0.717) is 18.4 Å². The number of carbonyl (C=O) groups is 1. The van der Waals surface area contributed by atoms with Gasteiger partial charge in [-0.15, -0.1) is 0 Å². The number of para-hydroxylation sites is 1. The number of hydrogen-bond acceptors (Lipinski definition) is 2. The zero-order valence-electron chi connectivity index (χ0n) is 14.4. The van der Waals surface area contributed by atoms with Crippen molar-refractivity contribution >= 4 is 16.8 Å². The minimum Gasteiger partial charge on any atom is -0.353 e. The molecule has 1 heterocycles. The van der Waals surface area contributed by atoms with Crippen LogP contribution < -0.4 is 5.32 Å².